The quantitative estimate of drug-likeness (QED) is 0.431. The van der Waals surface area contributed by atoms with E-state index >= 15 is 0 Å². The highest BCUT2D eigenvalue weighted by molar-refractivity contribution is 8.00. The number of anilines is 1. The first-order valence-electron chi connectivity index (χ1n) is 14.7. The molecule has 6 rings (SSSR count). The Morgan fingerprint density at radius 1 is 1.07 bits per heavy atom. The lowest BCUT2D eigenvalue weighted by Crippen LogP contribution is -2.44. The van der Waals surface area contributed by atoms with Gasteiger partial charge in [0.1, 0.15) is 12.4 Å². The summed E-state index contributed by atoms with van der Waals surface area (Å²) < 4.78 is 13.1. The lowest BCUT2D eigenvalue weighted by molar-refractivity contribution is -0.122. The summed E-state index contributed by atoms with van der Waals surface area (Å²) >= 11 is 1.56. The Labute approximate surface area is 251 Å². The Kier molecular flexibility index (Phi) is 7.93. The van der Waals surface area contributed by atoms with E-state index in [0.29, 0.717) is 23.9 Å². The molecular weight excluding hydrogens is 550 g/mol. The van der Waals surface area contributed by atoms with E-state index in [1.165, 1.54) is 12.8 Å². The zero-order chi connectivity index (χ0) is 29.4. The van der Waals surface area contributed by atoms with Crippen molar-refractivity contribution in [1.29, 1.82) is 0 Å². The van der Waals surface area contributed by atoms with Gasteiger partial charge in [-0.1, -0.05) is 44.5 Å². The number of nitrogens with zero attached hydrogens (tertiary/aromatic N) is 4. The van der Waals surface area contributed by atoms with Crippen LogP contribution in [-0.4, -0.2) is 71.8 Å². The minimum atomic E-state index is -0.327. The normalized spacial score (nSPS) is 18.7. The number of thioether (sulfide) groups is 1. The first-order valence-corrected chi connectivity index (χ1v) is 15.7. The molecule has 2 aromatic carbocycles. The van der Waals surface area contributed by atoms with Crippen molar-refractivity contribution < 1.29 is 19.1 Å². The summed E-state index contributed by atoms with van der Waals surface area (Å²) in [6.07, 6.45) is 2.42. The van der Waals surface area contributed by atoms with Crippen molar-refractivity contribution in [3.8, 4) is 17.2 Å². The van der Waals surface area contributed by atoms with Gasteiger partial charge in [-0.05, 0) is 62.7 Å². The maximum Gasteiger partial charge on any atom is 0.240 e. The predicted molar refractivity (Wildman–Crippen MR) is 165 cm³/mol. The molecule has 1 fully saturated rings. The van der Waals surface area contributed by atoms with Crippen LogP contribution in [0.5, 0.6) is 11.5 Å². The van der Waals surface area contributed by atoms with Crippen molar-refractivity contribution in [2.45, 2.75) is 51.2 Å². The van der Waals surface area contributed by atoms with Crippen LogP contribution >= 0.6 is 11.8 Å². The minimum absolute atomic E-state index is 0.0681. The number of hydrogen-bond acceptors (Lipinski definition) is 7. The third-order valence-electron chi connectivity index (χ3n) is 8.03. The number of carbonyl (C=O) groups is 2. The summed E-state index contributed by atoms with van der Waals surface area (Å²) in [7, 11) is 0. The van der Waals surface area contributed by atoms with E-state index < -0.39 is 0 Å². The molecule has 0 aliphatic carbocycles. The van der Waals surface area contributed by atoms with Gasteiger partial charge in [-0.15, -0.1) is 11.8 Å². The Morgan fingerprint density at radius 2 is 1.81 bits per heavy atom. The van der Waals surface area contributed by atoms with Crippen LogP contribution in [0.2, 0.25) is 0 Å². The van der Waals surface area contributed by atoms with E-state index in [0.717, 1.165) is 47.7 Å². The van der Waals surface area contributed by atoms with Crippen LogP contribution in [0.3, 0.4) is 0 Å². The fraction of sp³-hybridized carbons (Fsp3) is 0.469. The molecule has 1 N–H and O–H groups in total. The molecule has 4 heterocycles. The molecular formula is C32H39N5O4S. The molecule has 222 valence electrons. The van der Waals surface area contributed by atoms with Gasteiger partial charge in [-0.3, -0.25) is 14.5 Å². The van der Waals surface area contributed by atoms with Crippen LogP contribution < -0.4 is 19.7 Å². The average molecular weight is 590 g/mol. The van der Waals surface area contributed by atoms with Crippen LogP contribution in [0.15, 0.2) is 42.5 Å². The molecule has 1 unspecified atom stereocenters. The van der Waals surface area contributed by atoms with Gasteiger partial charge in [0.2, 0.25) is 18.6 Å². The van der Waals surface area contributed by atoms with E-state index in [1.54, 1.807) is 16.7 Å². The fourth-order valence-corrected chi connectivity index (χ4v) is 7.03. The molecule has 1 aromatic heterocycles. The van der Waals surface area contributed by atoms with Crippen LogP contribution in [0, 0.1) is 6.92 Å². The number of amides is 2. The predicted octanol–water partition coefficient (Wildman–Crippen LogP) is 4.59. The summed E-state index contributed by atoms with van der Waals surface area (Å²) in [5.74, 6) is 2.00. The maximum absolute atomic E-state index is 13.9. The highest BCUT2D eigenvalue weighted by Gasteiger charge is 2.40. The lowest BCUT2D eigenvalue weighted by Gasteiger charge is -2.25. The first-order chi connectivity index (χ1) is 20.2. The molecule has 0 saturated carbocycles. The molecule has 42 heavy (non-hydrogen) atoms. The van der Waals surface area contributed by atoms with Gasteiger partial charge >= 0.3 is 0 Å². The van der Waals surface area contributed by atoms with Crippen molar-refractivity contribution >= 4 is 29.4 Å². The number of fused-ring (bicyclic) bond motifs is 2. The van der Waals surface area contributed by atoms with E-state index in [-0.39, 0.29) is 41.6 Å². The van der Waals surface area contributed by atoms with Crippen molar-refractivity contribution in [1.82, 2.24) is 20.0 Å². The van der Waals surface area contributed by atoms with Crippen LogP contribution in [0.4, 0.5) is 5.82 Å². The number of aryl methyl sites for hydroxylation is 1. The standard InChI is InChI=1S/C32H39N5O4S/c1-21-7-10-23(11-8-21)37-31-28(30(34-37)32(2,3)4)29(22-9-12-24-25(17-22)41-20-40-24)42-19-27(39)36(31)18-26(38)33-13-16-35-14-5-6-15-35/h7-12,17,29H,5-6,13-16,18-20H2,1-4H3,(H,33,38). The molecule has 2 amide bonds. The molecule has 1 saturated heterocycles. The van der Waals surface area contributed by atoms with Crippen molar-refractivity contribution in [3.05, 3.63) is 64.8 Å². The number of aromatic nitrogens is 2. The smallest absolute Gasteiger partial charge is 0.240 e. The van der Waals surface area contributed by atoms with Gasteiger partial charge in [0, 0.05) is 24.1 Å². The molecule has 0 spiro atoms. The topological polar surface area (TPSA) is 88.9 Å². The zero-order valence-electron chi connectivity index (χ0n) is 24.8. The van der Waals surface area contributed by atoms with Crippen LogP contribution in [0.25, 0.3) is 5.69 Å². The zero-order valence-corrected chi connectivity index (χ0v) is 25.6. The van der Waals surface area contributed by atoms with Gasteiger partial charge in [0.15, 0.2) is 11.5 Å². The molecule has 9 nitrogen and oxygen atoms in total. The number of likely N-dealkylation sites (tertiary alicyclic amines) is 1. The van der Waals surface area contributed by atoms with Gasteiger partial charge in [0.25, 0.3) is 0 Å². The minimum Gasteiger partial charge on any atom is -0.454 e. The van der Waals surface area contributed by atoms with Crippen molar-refractivity contribution in [3.63, 3.8) is 0 Å². The number of nitrogens with one attached hydrogen (secondary N) is 1. The fourth-order valence-electron chi connectivity index (χ4n) is 5.84. The molecule has 0 radical (unpaired) electrons. The van der Waals surface area contributed by atoms with Gasteiger partial charge < -0.3 is 19.7 Å². The highest BCUT2D eigenvalue weighted by atomic mass is 32.2. The summed E-state index contributed by atoms with van der Waals surface area (Å²) in [5.41, 5.74) is 4.49. The number of ether oxygens (including phenoxy) is 2. The number of carbonyl (C=O) groups excluding carboxylic acids is 2. The number of benzene rings is 2. The molecule has 10 heteroatoms. The molecule has 1 atom stereocenters. The summed E-state index contributed by atoms with van der Waals surface area (Å²) in [6, 6.07) is 14.1. The number of rotatable bonds is 7. The molecule has 0 bridgehead atoms. The molecule has 3 aliphatic heterocycles. The average Bonchev–Trinajstić information content (AvgIpc) is 3.71. The number of hydrogen-bond donors (Lipinski definition) is 1. The van der Waals surface area contributed by atoms with Gasteiger partial charge in [-0.25, -0.2) is 4.68 Å². The lowest BCUT2D eigenvalue weighted by atomic mass is 9.87. The van der Waals surface area contributed by atoms with E-state index in [9.17, 15) is 9.59 Å². The van der Waals surface area contributed by atoms with E-state index in [4.69, 9.17) is 14.6 Å². The van der Waals surface area contributed by atoms with E-state index in [2.05, 4.69) is 31.0 Å². The SMILES string of the molecule is Cc1ccc(-n2nc(C(C)(C)C)c3c2N(CC(=O)NCCN2CCCC2)C(=O)CSC3c2ccc3c(c2)OCO3)cc1. The molecule has 3 aromatic rings. The third kappa shape index (κ3) is 5.74. The maximum atomic E-state index is 13.9. The van der Waals surface area contributed by atoms with Crippen molar-refractivity contribution in [2.75, 3.05) is 50.2 Å². The van der Waals surface area contributed by atoms with E-state index in [1.807, 2.05) is 54.1 Å². The summed E-state index contributed by atoms with van der Waals surface area (Å²) in [6.45, 7) is 12.1. The van der Waals surface area contributed by atoms with Crippen LogP contribution in [0.1, 0.15) is 61.2 Å². The Morgan fingerprint density at radius 3 is 2.55 bits per heavy atom. The monoisotopic (exact) mass is 589 g/mol. The third-order valence-corrected chi connectivity index (χ3v) is 9.28. The van der Waals surface area contributed by atoms with Gasteiger partial charge in [0.05, 0.1) is 22.4 Å². The largest absolute Gasteiger partial charge is 0.454 e. The summed E-state index contributed by atoms with van der Waals surface area (Å²) in [5, 5.41) is 8.04. The summed E-state index contributed by atoms with van der Waals surface area (Å²) in [4.78, 5) is 31.2. The van der Waals surface area contributed by atoms with Crippen molar-refractivity contribution in [2.24, 2.45) is 0 Å². The Bertz CT molecular complexity index is 1470. The second-order valence-corrected chi connectivity index (χ2v) is 13.4. The van der Waals surface area contributed by atoms with Crippen LogP contribution in [-0.2, 0) is 15.0 Å². The second kappa shape index (κ2) is 11.6. The Balaban J connectivity index is 1.44. The first kappa shape index (κ1) is 28.6. The highest BCUT2D eigenvalue weighted by Crippen LogP contribution is 2.49. The molecule has 3 aliphatic rings. The van der Waals surface area contributed by atoms with Gasteiger partial charge in [-0.2, -0.15) is 5.10 Å². The Hall–Kier alpha value is -3.50. The second-order valence-electron chi connectivity index (χ2n) is 12.3.